The van der Waals surface area contributed by atoms with E-state index in [1.165, 1.54) is 5.56 Å². The summed E-state index contributed by atoms with van der Waals surface area (Å²) in [6, 6.07) is 8.18. The number of hydrogen-bond acceptors (Lipinski definition) is 2. The molecule has 0 saturated heterocycles. The Morgan fingerprint density at radius 2 is 2.00 bits per heavy atom. The molecular weight excluding hydrogens is 186 g/mol. The fourth-order valence-electron chi connectivity index (χ4n) is 1.29. The van der Waals surface area contributed by atoms with Crippen molar-refractivity contribution in [3.63, 3.8) is 0 Å². The van der Waals surface area contributed by atoms with E-state index in [2.05, 4.69) is 11.8 Å². The molecule has 0 spiro atoms. The number of nitrogens with two attached hydrogens (primary N) is 1. The average Bonchev–Trinajstić information content (AvgIpc) is 2.20. The summed E-state index contributed by atoms with van der Waals surface area (Å²) >= 11 is 0. The van der Waals surface area contributed by atoms with Gasteiger partial charge < -0.3 is 10.5 Å². The molecule has 1 aromatic carbocycles. The number of benzene rings is 1. The molecule has 2 N–H and O–H groups in total. The molecule has 0 saturated carbocycles. The van der Waals surface area contributed by atoms with Gasteiger partial charge in [0.2, 0.25) is 0 Å². The lowest BCUT2D eigenvalue weighted by atomic mass is 10.1. The fourth-order valence-corrected chi connectivity index (χ4v) is 1.29. The van der Waals surface area contributed by atoms with Crippen molar-refractivity contribution in [3.05, 3.63) is 29.8 Å². The summed E-state index contributed by atoms with van der Waals surface area (Å²) in [5.74, 6) is 6.49. The van der Waals surface area contributed by atoms with E-state index >= 15 is 0 Å². The van der Waals surface area contributed by atoms with E-state index in [1.807, 2.05) is 31.2 Å². The Kier molecular flexibility index (Phi) is 4.73. The number of hydrogen-bond donors (Lipinski definition) is 1. The third-order valence-corrected chi connectivity index (χ3v) is 1.97. The molecule has 2 nitrogen and oxygen atoms in total. The summed E-state index contributed by atoms with van der Waals surface area (Å²) in [5.41, 5.74) is 6.95. The van der Waals surface area contributed by atoms with Gasteiger partial charge in [-0.05, 0) is 38.0 Å². The Morgan fingerprint density at radius 3 is 2.53 bits per heavy atom. The lowest BCUT2D eigenvalue weighted by Gasteiger charge is -2.06. The Labute approximate surface area is 91.4 Å². The van der Waals surface area contributed by atoms with Gasteiger partial charge in [-0.25, -0.2) is 0 Å². The Balaban J connectivity index is 2.51. The first kappa shape index (κ1) is 11.6. The molecule has 80 valence electrons. The summed E-state index contributed by atoms with van der Waals surface area (Å²) in [6.07, 6.45) is 0.898. The van der Waals surface area contributed by atoms with Gasteiger partial charge in [0, 0.05) is 6.04 Å². The standard InChI is InChI=1S/C13H17NO/c1-3-4-9-15-13-7-5-12(6-8-13)10-11(2)14/h5-8,11H,9-10,14H2,1-2H3. The predicted molar refractivity (Wildman–Crippen MR) is 62.7 cm³/mol. The SMILES string of the molecule is CC#CCOc1ccc(CC(C)N)cc1. The van der Waals surface area contributed by atoms with Crippen LogP contribution in [0.15, 0.2) is 24.3 Å². The second-order valence-corrected chi connectivity index (χ2v) is 3.54. The topological polar surface area (TPSA) is 35.2 Å². The monoisotopic (exact) mass is 203 g/mol. The van der Waals surface area contributed by atoms with Crippen LogP contribution in [-0.4, -0.2) is 12.6 Å². The van der Waals surface area contributed by atoms with Gasteiger partial charge >= 0.3 is 0 Å². The van der Waals surface area contributed by atoms with Gasteiger partial charge in [0.1, 0.15) is 12.4 Å². The quantitative estimate of drug-likeness (QED) is 0.759. The molecule has 0 heterocycles. The van der Waals surface area contributed by atoms with Crippen LogP contribution in [0, 0.1) is 11.8 Å². The van der Waals surface area contributed by atoms with Crippen molar-refractivity contribution in [2.45, 2.75) is 26.3 Å². The smallest absolute Gasteiger partial charge is 0.149 e. The van der Waals surface area contributed by atoms with Crippen molar-refractivity contribution >= 4 is 0 Å². The molecule has 1 atom stereocenters. The Morgan fingerprint density at radius 1 is 1.33 bits per heavy atom. The Hall–Kier alpha value is -1.46. The van der Waals surface area contributed by atoms with Crippen LogP contribution in [0.2, 0.25) is 0 Å². The lowest BCUT2D eigenvalue weighted by molar-refractivity contribution is 0.370. The van der Waals surface area contributed by atoms with Crippen LogP contribution in [0.25, 0.3) is 0 Å². The molecule has 1 aromatic rings. The van der Waals surface area contributed by atoms with E-state index < -0.39 is 0 Å². The minimum Gasteiger partial charge on any atom is -0.481 e. The molecule has 0 amide bonds. The second-order valence-electron chi connectivity index (χ2n) is 3.54. The van der Waals surface area contributed by atoms with Crippen molar-refractivity contribution < 1.29 is 4.74 Å². The van der Waals surface area contributed by atoms with E-state index in [9.17, 15) is 0 Å². The van der Waals surface area contributed by atoms with Gasteiger partial charge in [0.05, 0.1) is 0 Å². The average molecular weight is 203 g/mol. The van der Waals surface area contributed by atoms with Crippen molar-refractivity contribution in [2.75, 3.05) is 6.61 Å². The molecule has 1 rings (SSSR count). The molecular formula is C13H17NO. The number of rotatable bonds is 4. The molecule has 0 fully saturated rings. The van der Waals surface area contributed by atoms with Crippen molar-refractivity contribution in [3.8, 4) is 17.6 Å². The highest BCUT2D eigenvalue weighted by Crippen LogP contribution is 2.12. The first-order chi connectivity index (χ1) is 7.22. The highest BCUT2D eigenvalue weighted by molar-refractivity contribution is 5.28. The van der Waals surface area contributed by atoms with Crippen LogP contribution in [0.1, 0.15) is 19.4 Å². The van der Waals surface area contributed by atoms with E-state index in [4.69, 9.17) is 10.5 Å². The zero-order chi connectivity index (χ0) is 11.1. The zero-order valence-corrected chi connectivity index (χ0v) is 9.29. The maximum atomic E-state index is 5.71. The zero-order valence-electron chi connectivity index (χ0n) is 9.29. The summed E-state index contributed by atoms with van der Waals surface area (Å²) in [7, 11) is 0. The first-order valence-electron chi connectivity index (χ1n) is 5.09. The maximum absolute atomic E-state index is 5.71. The highest BCUT2D eigenvalue weighted by atomic mass is 16.5. The molecule has 0 aromatic heterocycles. The Bertz CT molecular complexity index is 343. The molecule has 0 aliphatic carbocycles. The largest absolute Gasteiger partial charge is 0.481 e. The third kappa shape index (κ3) is 4.53. The molecule has 15 heavy (non-hydrogen) atoms. The van der Waals surface area contributed by atoms with Crippen LogP contribution in [-0.2, 0) is 6.42 Å². The van der Waals surface area contributed by atoms with Crippen LogP contribution in [0.3, 0.4) is 0 Å². The second kappa shape index (κ2) is 6.10. The maximum Gasteiger partial charge on any atom is 0.149 e. The molecule has 0 bridgehead atoms. The van der Waals surface area contributed by atoms with Crippen molar-refractivity contribution in [2.24, 2.45) is 5.73 Å². The van der Waals surface area contributed by atoms with E-state index in [0.717, 1.165) is 12.2 Å². The molecule has 2 heteroatoms. The third-order valence-electron chi connectivity index (χ3n) is 1.97. The predicted octanol–water partition coefficient (Wildman–Crippen LogP) is 1.98. The minimum atomic E-state index is 0.197. The lowest BCUT2D eigenvalue weighted by Crippen LogP contribution is -2.17. The van der Waals surface area contributed by atoms with E-state index in [0.29, 0.717) is 6.61 Å². The minimum absolute atomic E-state index is 0.197. The van der Waals surface area contributed by atoms with Gasteiger partial charge in [-0.3, -0.25) is 0 Å². The van der Waals surface area contributed by atoms with Crippen molar-refractivity contribution in [1.82, 2.24) is 0 Å². The first-order valence-corrected chi connectivity index (χ1v) is 5.09. The van der Waals surface area contributed by atoms with Gasteiger partial charge in [0.15, 0.2) is 0 Å². The highest BCUT2D eigenvalue weighted by Gasteiger charge is 1.98. The van der Waals surface area contributed by atoms with Crippen LogP contribution < -0.4 is 10.5 Å². The summed E-state index contributed by atoms with van der Waals surface area (Å²) in [4.78, 5) is 0. The van der Waals surface area contributed by atoms with Crippen LogP contribution in [0.4, 0.5) is 0 Å². The van der Waals surface area contributed by atoms with Gasteiger partial charge in [-0.1, -0.05) is 18.1 Å². The van der Waals surface area contributed by atoms with E-state index in [-0.39, 0.29) is 6.04 Å². The summed E-state index contributed by atoms with van der Waals surface area (Å²) in [5, 5.41) is 0. The number of ether oxygens (including phenoxy) is 1. The van der Waals surface area contributed by atoms with Crippen LogP contribution in [0.5, 0.6) is 5.75 Å². The molecule has 0 radical (unpaired) electrons. The normalized spacial score (nSPS) is 11.4. The summed E-state index contributed by atoms with van der Waals surface area (Å²) in [6.45, 7) is 4.25. The van der Waals surface area contributed by atoms with Crippen molar-refractivity contribution in [1.29, 1.82) is 0 Å². The van der Waals surface area contributed by atoms with Gasteiger partial charge in [0.25, 0.3) is 0 Å². The summed E-state index contributed by atoms with van der Waals surface area (Å²) < 4.78 is 5.40. The van der Waals surface area contributed by atoms with Gasteiger partial charge in [-0.15, -0.1) is 5.92 Å². The fraction of sp³-hybridized carbons (Fsp3) is 0.385. The molecule has 0 aliphatic heterocycles. The van der Waals surface area contributed by atoms with Crippen LogP contribution >= 0.6 is 0 Å². The molecule has 1 unspecified atom stereocenters. The van der Waals surface area contributed by atoms with E-state index in [1.54, 1.807) is 6.92 Å². The molecule has 0 aliphatic rings. The van der Waals surface area contributed by atoms with Gasteiger partial charge in [-0.2, -0.15) is 0 Å².